The highest BCUT2D eigenvalue weighted by Crippen LogP contribution is 2.33. The van der Waals surface area contributed by atoms with Gasteiger partial charge in [0.1, 0.15) is 23.3 Å². The van der Waals surface area contributed by atoms with Crippen molar-refractivity contribution in [1.82, 2.24) is 4.98 Å². The summed E-state index contributed by atoms with van der Waals surface area (Å²) in [6.45, 7) is 0. The van der Waals surface area contributed by atoms with Gasteiger partial charge in [0.2, 0.25) is 0 Å². The number of hydrogen-bond acceptors (Lipinski definition) is 3. The van der Waals surface area contributed by atoms with E-state index in [-0.39, 0.29) is 11.6 Å². The molecule has 1 aromatic heterocycles. The Morgan fingerprint density at radius 3 is 2.45 bits per heavy atom. The van der Waals surface area contributed by atoms with Crippen molar-refractivity contribution in [3.05, 3.63) is 59.9 Å². The molecule has 2 aromatic carbocycles. The van der Waals surface area contributed by atoms with Crippen molar-refractivity contribution in [3.8, 4) is 17.2 Å². The Morgan fingerprint density at radius 1 is 1.05 bits per heavy atom. The molecule has 0 spiro atoms. The minimum absolute atomic E-state index is 0.186. The Morgan fingerprint density at radius 2 is 1.75 bits per heavy atom. The maximum absolute atomic E-state index is 13.1. The molecule has 2 N–H and O–H groups in total. The molecule has 0 bridgehead atoms. The summed E-state index contributed by atoms with van der Waals surface area (Å²) in [5.41, 5.74) is 8.32. The van der Waals surface area contributed by atoms with E-state index in [2.05, 4.69) is 11.1 Å². The zero-order valence-electron chi connectivity index (χ0n) is 10.5. The Bertz CT molecular complexity index is 833. The summed E-state index contributed by atoms with van der Waals surface area (Å²) in [6, 6.07) is 15.5. The summed E-state index contributed by atoms with van der Waals surface area (Å²) in [5, 5.41) is 10.2. The van der Waals surface area contributed by atoms with E-state index in [4.69, 9.17) is 5.73 Å². The van der Waals surface area contributed by atoms with Crippen molar-refractivity contribution in [2.24, 2.45) is 0 Å². The molecule has 0 fully saturated rings. The van der Waals surface area contributed by atoms with Crippen LogP contribution in [0.15, 0.2) is 48.5 Å². The zero-order valence-corrected chi connectivity index (χ0v) is 10.5. The molecule has 0 radical (unpaired) electrons. The molecule has 3 aromatic rings. The van der Waals surface area contributed by atoms with Gasteiger partial charge in [-0.05, 0) is 23.8 Å². The normalized spacial score (nSPS) is 10.4. The summed E-state index contributed by atoms with van der Waals surface area (Å²) in [4.78, 5) is 4.23. The standard InChI is InChI=1S/C16H10FN3/c17-11-7-5-10(6-8-11)15-12-3-1-2-4-14(12)20-16(19)13(15)9-18/h1-8H,(H2,19,20). The second kappa shape index (κ2) is 4.63. The van der Waals surface area contributed by atoms with Crippen molar-refractivity contribution in [3.63, 3.8) is 0 Å². The molecule has 0 saturated heterocycles. The first-order chi connectivity index (χ1) is 9.70. The van der Waals surface area contributed by atoms with E-state index in [9.17, 15) is 9.65 Å². The number of para-hydroxylation sites is 1. The van der Waals surface area contributed by atoms with Crippen molar-refractivity contribution in [2.45, 2.75) is 0 Å². The fraction of sp³-hybridized carbons (Fsp3) is 0. The average Bonchev–Trinajstić information content (AvgIpc) is 2.47. The van der Waals surface area contributed by atoms with Crippen LogP contribution in [0.4, 0.5) is 10.2 Å². The molecule has 3 nitrogen and oxygen atoms in total. The third-order valence-corrected chi connectivity index (χ3v) is 3.17. The van der Waals surface area contributed by atoms with E-state index >= 15 is 0 Å². The second-order valence-corrected chi connectivity index (χ2v) is 4.38. The molecule has 0 aliphatic carbocycles. The number of anilines is 1. The summed E-state index contributed by atoms with van der Waals surface area (Å²) in [5.74, 6) is -0.135. The summed E-state index contributed by atoms with van der Waals surface area (Å²) in [7, 11) is 0. The summed E-state index contributed by atoms with van der Waals surface area (Å²) < 4.78 is 13.1. The van der Waals surface area contributed by atoms with Crippen molar-refractivity contribution < 1.29 is 4.39 Å². The minimum Gasteiger partial charge on any atom is -0.383 e. The summed E-state index contributed by atoms with van der Waals surface area (Å²) in [6.07, 6.45) is 0. The topological polar surface area (TPSA) is 62.7 Å². The van der Waals surface area contributed by atoms with Gasteiger partial charge >= 0.3 is 0 Å². The molecule has 0 unspecified atom stereocenters. The Hall–Kier alpha value is -2.93. The Labute approximate surface area is 115 Å². The van der Waals surface area contributed by atoms with Crippen LogP contribution in [0.1, 0.15) is 5.56 Å². The third-order valence-electron chi connectivity index (χ3n) is 3.17. The number of pyridine rings is 1. The molecule has 4 heteroatoms. The first-order valence-corrected chi connectivity index (χ1v) is 6.05. The van der Waals surface area contributed by atoms with E-state index in [1.165, 1.54) is 12.1 Å². The van der Waals surface area contributed by atoms with E-state index in [0.29, 0.717) is 16.6 Å². The van der Waals surface area contributed by atoms with Crippen molar-refractivity contribution >= 4 is 16.7 Å². The SMILES string of the molecule is N#Cc1c(N)nc2ccccc2c1-c1ccc(F)cc1. The summed E-state index contributed by atoms with van der Waals surface area (Å²) >= 11 is 0. The lowest BCUT2D eigenvalue weighted by Crippen LogP contribution is -1.99. The van der Waals surface area contributed by atoms with Crippen LogP contribution >= 0.6 is 0 Å². The van der Waals surface area contributed by atoms with Gasteiger partial charge in [-0.1, -0.05) is 30.3 Å². The van der Waals surface area contributed by atoms with Gasteiger partial charge < -0.3 is 5.73 Å². The number of nitriles is 1. The van der Waals surface area contributed by atoms with Gasteiger partial charge in [-0.25, -0.2) is 9.37 Å². The lowest BCUT2D eigenvalue weighted by atomic mass is 9.96. The number of fused-ring (bicyclic) bond motifs is 1. The van der Waals surface area contributed by atoms with Crippen LogP contribution in [0, 0.1) is 17.1 Å². The predicted octanol–water partition coefficient (Wildman–Crippen LogP) is 3.49. The highest BCUT2D eigenvalue weighted by atomic mass is 19.1. The van der Waals surface area contributed by atoms with Gasteiger partial charge in [-0.2, -0.15) is 5.26 Å². The van der Waals surface area contributed by atoms with Crippen LogP contribution in [-0.4, -0.2) is 4.98 Å². The first kappa shape index (κ1) is 12.1. The predicted molar refractivity (Wildman–Crippen MR) is 76.3 cm³/mol. The smallest absolute Gasteiger partial charge is 0.142 e. The van der Waals surface area contributed by atoms with Crippen LogP contribution in [0.25, 0.3) is 22.0 Å². The fourth-order valence-corrected chi connectivity index (χ4v) is 2.26. The van der Waals surface area contributed by atoms with E-state index < -0.39 is 0 Å². The number of nitrogen functional groups attached to an aromatic ring is 1. The molecule has 0 saturated carbocycles. The number of rotatable bonds is 1. The molecule has 0 aliphatic rings. The monoisotopic (exact) mass is 263 g/mol. The van der Waals surface area contributed by atoms with Crippen LogP contribution in [0.5, 0.6) is 0 Å². The Balaban J connectivity index is 2.43. The van der Waals surface area contributed by atoms with Gasteiger partial charge in [-0.15, -0.1) is 0 Å². The first-order valence-electron chi connectivity index (χ1n) is 6.05. The van der Waals surface area contributed by atoms with Crippen LogP contribution in [-0.2, 0) is 0 Å². The molecule has 1 heterocycles. The maximum atomic E-state index is 13.1. The number of aromatic nitrogens is 1. The molecular weight excluding hydrogens is 253 g/mol. The third kappa shape index (κ3) is 1.86. The minimum atomic E-state index is -0.321. The average molecular weight is 263 g/mol. The van der Waals surface area contributed by atoms with Gasteiger partial charge in [-0.3, -0.25) is 0 Å². The molecule has 0 amide bonds. The van der Waals surface area contributed by atoms with Crippen LogP contribution < -0.4 is 5.73 Å². The van der Waals surface area contributed by atoms with E-state index in [1.807, 2.05) is 24.3 Å². The van der Waals surface area contributed by atoms with E-state index in [0.717, 1.165) is 10.9 Å². The van der Waals surface area contributed by atoms with E-state index in [1.54, 1.807) is 12.1 Å². The number of nitrogens with zero attached hydrogens (tertiary/aromatic N) is 2. The molecule has 96 valence electrons. The molecular formula is C16H10FN3. The quantitative estimate of drug-likeness (QED) is 0.731. The number of benzene rings is 2. The molecule has 3 rings (SSSR count). The lowest BCUT2D eigenvalue weighted by molar-refractivity contribution is 0.628. The van der Waals surface area contributed by atoms with Gasteiger partial charge in [0, 0.05) is 10.9 Å². The van der Waals surface area contributed by atoms with Crippen LogP contribution in [0.3, 0.4) is 0 Å². The molecule has 0 atom stereocenters. The molecule has 20 heavy (non-hydrogen) atoms. The van der Waals surface area contributed by atoms with Crippen molar-refractivity contribution in [1.29, 1.82) is 5.26 Å². The van der Waals surface area contributed by atoms with Gasteiger partial charge in [0.25, 0.3) is 0 Å². The molecule has 0 aliphatic heterocycles. The van der Waals surface area contributed by atoms with Gasteiger partial charge in [0.05, 0.1) is 5.52 Å². The lowest BCUT2D eigenvalue weighted by Gasteiger charge is -2.10. The number of halogens is 1. The highest BCUT2D eigenvalue weighted by Gasteiger charge is 2.14. The zero-order chi connectivity index (χ0) is 14.1. The highest BCUT2D eigenvalue weighted by molar-refractivity contribution is 5.99. The largest absolute Gasteiger partial charge is 0.383 e. The Kier molecular flexibility index (Phi) is 2.81. The fourth-order valence-electron chi connectivity index (χ4n) is 2.26. The van der Waals surface area contributed by atoms with Gasteiger partial charge in [0.15, 0.2) is 0 Å². The number of hydrogen-bond donors (Lipinski definition) is 1. The van der Waals surface area contributed by atoms with Crippen LogP contribution in [0.2, 0.25) is 0 Å². The second-order valence-electron chi connectivity index (χ2n) is 4.38. The maximum Gasteiger partial charge on any atom is 0.142 e. The van der Waals surface area contributed by atoms with Crippen molar-refractivity contribution in [2.75, 3.05) is 5.73 Å². The number of nitrogens with two attached hydrogens (primary N) is 1.